The van der Waals surface area contributed by atoms with Gasteiger partial charge in [0, 0.05) is 24.0 Å². The molecule has 0 fully saturated rings. The molecule has 0 radical (unpaired) electrons. The first kappa shape index (κ1) is 21.5. The lowest BCUT2D eigenvalue weighted by Crippen LogP contribution is -2.18. The SMILES string of the molecule is CC(C)(C)[P@@]1Cc2ccc3ccccc3c2-c2c(ccc3ccccc23)[C@H]1Cc1ccccn1. The van der Waals surface area contributed by atoms with Crippen molar-refractivity contribution in [3.63, 3.8) is 0 Å². The van der Waals surface area contributed by atoms with Gasteiger partial charge in [0.25, 0.3) is 0 Å². The van der Waals surface area contributed by atoms with Crippen LogP contribution in [0.25, 0.3) is 32.7 Å². The average molecular weight is 460 g/mol. The van der Waals surface area contributed by atoms with Crippen LogP contribution in [0.15, 0.2) is 97.2 Å². The molecule has 0 N–H and O–H groups in total. The highest BCUT2D eigenvalue weighted by Crippen LogP contribution is 2.67. The first-order valence-corrected chi connectivity index (χ1v) is 13.8. The summed E-state index contributed by atoms with van der Waals surface area (Å²) in [7, 11) is -0.350. The second-order valence-corrected chi connectivity index (χ2v) is 13.6. The van der Waals surface area contributed by atoms with Gasteiger partial charge in [0.2, 0.25) is 0 Å². The molecule has 0 aliphatic carbocycles. The molecule has 34 heavy (non-hydrogen) atoms. The number of hydrogen-bond acceptors (Lipinski definition) is 1. The lowest BCUT2D eigenvalue weighted by atomic mass is 9.86. The lowest BCUT2D eigenvalue weighted by molar-refractivity contribution is 0.749. The first-order chi connectivity index (χ1) is 16.5. The molecule has 2 heteroatoms. The third-order valence-electron chi connectivity index (χ3n) is 7.29. The summed E-state index contributed by atoms with van der Waals surface area (Å²) in [5.41, 5.74) is 7.54. The van der Waals surface area contributed by atoms with E-state index in [1.807, 2.05) is 12.3 Å². The smallest absolute Gasteiger partial charge is 0.0413 e. The van der Waals surface area contributed by atoms with Crippen LogP contribution in [0.4, 0.5) is 0 Å². The number of benzene rings is 4. The second kappa shape index (κ2) is 8.33. The number of nitrogens with zero attached hydrogens (tertiary/aromatic N) is 1. The van der Waals surface area contributed by atoms with Gasteiger partial charge in [-0.3, -0.25) is 4.98 Å². The molecule has 1 aliphatic heterocycles. The van der Waals surface area contributed by atoms with Gasteiger partial charge in [-0.1, -0.05) is 108 Å². The summed E-state index contributed by atoms with van der Waals surface area (Å²) in [6.45, 7) is 7.32. The first-order valence-electron chi connectivity index (χ1n) is 12.2. The predicted molar refractivity (Wildman–Crippen MR) is 148 cm³/mol. The maximum absolute atomic E-state index is 4.76. The Labute approximate surface area is 203 Å². The molecule has 168 valence electrons. The van der Waals surface area contributed by atoms with E-state index in [0.717, 1.165) is 12.6 Å². The molecule has 0 spiro atoms. The standard InChI is InChI=1S/C32H30NP/c1-32(2,3)34-21-24-16-15-22-10-4-6-13-26(22)30(24)31-27-14-7-5-11-23(27)17-18-28(31)29(34)20-25-12-8-9-19-33-25/h4-19,29H,20-21H2,1-3H3/t29-,34+/m1/s1. The Hall–Kier alpha value is -3.02. The molecule has 2 heterocycles. The van der Waals surface area contributed by atoms with Crippen LogP contribution in [0.3, 0.4) is 0 Å². The quantitative estimate of drug-likeness (QED) is 0.240. The van der Waals surface area contributed by atoms with Gasteiger partial charge in [-0.25, -0.2) is 0 Å². The molecule has 0 amide bonds. The van der Waals surface area contributed by atoms with Crippen molar-refractivity contribution in [2.75, 3.05) is 0 Å². The van der Waals surface area contributed by atoms with Gasteiger partial charge < -0.3 is 0 Å². The molecular formula is C32H30NP. The molecule has 2 atom stereocenters. The van der Waals surface area contributed by atoms with E-state index >= 15 is 0 Å². The third-order valence-corrected chi connectivity index (χ3v) is 10.9. The number of aromatic nitrogens is 1. The Kier molecular flexibility index (Phi) is 5.27. The van der Waals surface area contributed by atoms with Gasteiger partial charge in [0.1, 0.15) is 0 Å². The minimum atomic E-state index is -0.350. The summed E-state index contributed by atoms with van der Waals surface area (Å²) in [5, 5.41) is 5.61. The maximum Gasteiger partial charge on any atom is 0.0413 e. The third kappa shape index (κ3) is 3.64. The van der Waals surface area contributed by atoms with Gasteiger partial charge in [0.15, 0.2) is 0 Å². The van der Waals surface area contributed by atoms with Crippen molar-refractivity contribution in [1.29, 1.82) is 0 Å². The molecule has 4 aromatic carbocycles. The van der Waals surface area contributed by atoms with Crippen LogP contribution in [0.2, 0.25) is 0 Å². The van der Waals surface area contributed by atoms with Crippen molar-refractivity contribution in [1.82, 2.24) is 4.98 Å². The van der Waals surface area contributed by atoms with E-state index in [-0.39, 0.29) is 13.1 Å². The second-order valence-electron chi connectivity index (χ2n) is 10.4. The van der Waals surface area contributed by atoms with E-state index in [0.29, 0.717) is 5.66 Å². The fourth-order valence-electron chi connectivity index (χ4n) is 5.69. The Bertz CT molecular complexity index is 1500. The maximum atomic E-state index is 4.76. The summed E-state index contributed by atoms with van der Waals surface area (Å²) in [6, 6.07) is 33.7. The molecule has 0 saturated heterocycles. The van der Waals surface area contributed by atoms with Crippen LogP contribution in [0.1, 0.15) is 43.3 Å². The number of rotatable bonds is 2. The molecule has 5 aromatic rings. The predicted octanol–water partition coefficient (Wildman–Crippen LogP) is 9.13. The highest BCUT2D eigenvalue weighted by Gasteiger charge is 2.38. The van der Waals surface area contributed by atoms with Crippen molar-refractivity contribution in [2.45, 2.75) is 44.2 Å². The van der Waals surface area contributed by atoms with Gasteiger partial charge in [0.05, 0.1) is 0 Å². The van der Waals surface area contributed by atoms with Crippen LogP contribution in [-0.2, 0) is 12.6 Å². The molecule has 0 saturated carbocycles. The van der Waals surface area contributed by atoms with Gasteiger partial charge in [-0.15, -0.1) is 0 Å². The van der Waals surface area contributed by atoms with Gasteiger partial charge in [-0.05, 0) is 67.2 Å². The topological polar surface area (TPSA) is 12.9 Å². The molecule has 6 rings (SSSR count). The minimum Gasteiger partial charge on any atom is -0.261 e. The molecule has 1 nitrogen and oxygen atoms in total. The zero-order valence-electron chi connectivity index (χ0n) is 20.1. The van der Waals surface area contributed by atoms with Gasteiger partial charge >= 0.3 is 0 Å². The highest BCUT2D eigenvalue weighted by molar-refractivity contribution is 7.58. The molecule has 1 aromatic heterocycles. The zero-order chi connectivity index (χ0) is 23.3. The van der Waals surface area contributed by atoms with E-state index < -0.39 is 0 Å². The van der Waals surface area contributed by atoms with E-state index in [9.17, 15) is 0 Å². The van der Waals surface area contributed by atoms with E-state index in [1.165, 1.54) is 49.5 Å². The van der Waals surface area contributed by atoms with E-state index in [2.05, 4.69) is 106 Å². The lowest BCUT2D eigenvalue weighted by Gasteiger charge is -2.38. The van der Waals surface area contributed by atoms with Crippen molar-refractivity contribution in [3.05, 3.63) is 114 Å². The summed E-state index contributed by atoms with van der Waals surface area (Å²) in [4.78, 5) is 4.76. The highest BCUT2D eigenvalue weighted by atomic mass is 31.1. The van der Waals surface area contributed by atoms with Gasteiger partial charge in [-0.2, -0.15) is 0 Å². The van der Waals surface area contributed by atoms with Crippen LogP contribution < -0.4 is 0 Å². The molecule has 0 unspecified atom stereocenters. The van der Waals surface area contributed by atoms with Crippen LogP contribution in [0, 0.1) is 0 Å². The summed E-state index contributed by atoms with van der Waals surface area (Å²) in [6.07, 6.45) is 4.07. The Balaban J connectivity index is 1.72. The Morgan fingerprint density at radius 2 is 1.38 bits per heavy atom. The summed E-state index contributed by atoms with van der Waals surface area (Å²) in [5.74, 6) is 0. The normalized spacial score (nSPS) is 17.9. The minimum absolute atomic E-state index is 0.227. The van der Waals surface area contributed by atoms with Crippen LogP contribution in [-0.4, -0.2) is 10.1 Å². The summed E-state index contributed by atoms with van der Waals surface area (Å²) >= 11 is 0. The van der Waals surface area contributed by atoms with E-state index in [1.54, 1.807) is 0 Å². The number of fused-ring (bicyclic) bond motifs is 7. The van der Waals surface area contributed by atoms with Crippen LogP contribution >= 0.6 is 7.92 Å². The fourth-order valence-corrected chi connectivity index (χ4v) is 8.91. The molecule has 0 bridgehead atoms. The molecule has 1 aliphatic rings. The summed E-state index contributed by atoms with van der Waals surface area (Å²) < 4.78 is 0. The molecular weight excluding hydrogens is 429 g/mol. The van der Waals surface area contributed by atoms with Crippen molar-refractivity contribution < 1.29 is 0 Å². The van der Waals surface area contributed by atoms with Crippen molar-refractivity contribution >= 4 is 29.5 Å². The number of pyridine rings is 1. The average Bonchev–Trinajstić information content (AvgIpc) is 3.00. The zero-order valence-corrected chi connectivity index (χ0v) is 21.0. The fraction of sp³-hybridized carbons (Fsp3) is 0.219. The van der Waals surface area contributed by atoms with E-state index in [4.69, 9.17) is 4.98 Å². The monoisotopic (exact) mass is 459 g/mol. The Morgan fingerprint density at radius 1 is 0.735 bits per heavy atom. The number of hydrogen-bond donors (Lipinski definition) is 0. The van der Waals surface area contributed by atoms with Crippen molar-refractivity contribution in [2.24, 2.45) is 0 Å². The largest absolute Gasteiger partial charge is 0.261 e. The van der Waals surface area contributed by atoms with Crippen molar-refractivity contribution in [3.8, 4) is 11.1 Å². The van der Waals surface area contributed by atoms with Crippen LogP contribution in [0.5, 0.6) is 0 Å². The Morgan fingerprint density at radius 3 is 2.06 bits per heavy atom.